The second kappa shape index (κ2) is 7.37. The fraction of sp³-hybridized carbons (Fsp3) is 0.407. The molecule has 0 saturated heterocycles. The van der Waals surface area contributed by atoms with E-state index in [1.54, 1.807) is 0 Å². The first-order valence-corrected chi connectivity index (χ1v) is 11.0. The molecule has 0 N–H and O–H groups in total. The van der Waals surface area contributed by atoms with Gasteiger partial charge in [-0.2, -0.15) is 0 Å². The SMILES string of the molecule is Cc1nc2c(C)c(C)c(C)c(C)c2nc1Cc1nc2c(C)c(C)c(C)c(C)c2nc1C. The third-order valence-electron chi connectivity index (χ3n) is 7.47. The van der Waals surface area contributed by atoms with Gasteiger partial charge in [-0.15, -0.1) is 0 Å². The van der Waals surface area contributed by atoms with Crippen LogP contribution < -0.4 is 0 Å². The Bertz CT molecular complexity index is 1290. The van der Waals surface area contributed by atoms with Crippen LogP contribution in [0.5, 0.6) is 0 Å². The fourth-order valence-corrected chi connectivity index (χ4v) is 4.48. The van der Waals surface area contributed by atoms with E-state index in [4.69, 9.17) is 19.9 Å². The van der Waals surface area contributed by atoms with Crippen LogP contribution in [0.25, 0.3) is 22.1 Å². The fourth-order valence-electron chi connectivity index (χ4n) is 4.48. The van der Waals surface area contributed by atoms with E-state index < -0.39 is 0 Å². The van der Waals surface area contributed by atoms with Gasteiger partial charge in [0.1, 0.15) is 0 Å². The first-order chi connectivity index (χ1) is 14.5. The molecule has 0 bridgehead atoms. The van der Waals surface area contributed by atoms with Gasteiger partial charge < -0.3 is 0 Å². The van der Waals surface area contributed by atoms with E-state index >= 15 is 0 Å². The Morgan fingerprint density at radius 1 is 0.355 bits per heavy atom. The molecule has 4 rings (SSSR count). The molecule has 31 heavy (non-hydrogen) atoms. The predicted molar refractivity (Wildman–Crippen MR) is 129 cm³/mol. The van der Waals surface area contributed by atoms with Crippen molar-refractivity contribution in [2.75, 3.05) is 0 Å². The average Bonchev–Trinajstić information content (AvgIpc) is 2.75. The normalized spacial score (nSPS) is 11.7. The molecule has 0 spiro atoms. The summed E-state index contributed by atoms with van der Waals surface area (Å²) in [5.41, 5.74) is 18.0. The number of hydrogen-bond donors (Lipinski definition) is 0. The number of hydrogen-bond acceptors (Lipinski definition) is 4. The smallest absolute Gasteiger partial charge is 0.0925 e. The van der Waals surface area contributed by atoms with Gasteiger partial charge in [0.05, 0.1) is 44.8 Å². The molecular formula is C27H32N4. The zero-order valence-electron chi connectivity index (χ0n) is 20.5. The van der Waals surface area contributed by atoms with E-state index in [2.05, 4.69) is 69.2 Å². The molecule has 2 heterocycles. The number of benzene rings is 2. The minimum absolute atomic E-state index is 0.639. The summed E-state index contributed by atoms with van der Waals surface area (Å²) in [5.74, 6) is 0. The van der Waals surface area contributed by atoms with Crippen molar-refractivity contribution in [3.8, 4) is 0 Å². The Balaban J connectivity index is 1.91. The van der Waals surface area contributed by atoms with Crippen molar-refractivity contribution in [1.82, 2.24) is 19.9 Å². The zero-order chi connectivity index (χ0) is 22.8. The topological polar surface area (TPSA) is 51.6 Å². The summed E-state index contributed by atoms with van der Waals surface area (Å²) >= 11 is 0. The predicted octanol–water partition coefficient (Wildman–Crippen LogP) is 6.25. The van der Waals surface area contributed by atoms with Crippen LogP contribution in [0.1, 0.15) is 67.3 Å². The van der Waals surface area contributed by atoms with Crippen molar-refractivity contribution < 1.29 is 0 Å². The molecule has 4 aromatic rings. The van der Waals surface area contributed by atoms with Crippen LogP contribution in [-0.2, 0) is 6.42 Å². The lowest BCUT2D eigenvalue weighted by Crippen LogP contribution is -2.08. The molecule has 0 aliphatic carbocycles. The number of nitrogens with zero attached hydrogens (tertiary/aromatic N) is 4. The molecule has 4 nitrogen and oxygen atoms in total. The summed E-state index contributed by atoms with van der Waals surface area (Å²) in [6.45, 7) is 21.4. The first kappa shape index (κ1) is 21.4. The zero-order valence-corrected chi connectivity index (χ0v) is 20.5. The van der Waals surface area contributed by atoms with Crippen molar-refractivity contribution in [3.05, 3.63) is 67.3 Å². The maximum absolute atomic E-state index is 5.09. The summed E-state index contributed by atoms with van der Waals surface area (Å²) in [4.78, 5) is 20.1. The van der Waals surface area contributed by atoms with Crippen LogP contribution in [0.3, 0.4) is 0 Å². The van der Waals surface area contributed by atoms with Gasteiger partial charge in [-0.3, -0.25) is 0 Å². The van der Waals surface area contributed by atoms with Gasteiger partial charge in [0, 0.05) is 6.42 Å². The molecule has 0 amide bonds. The van der Waals surface area contributed by atoms with Crippen molar-refractivity contribution >= 4 is 22.1 Å². The molecule has 4 heteroatoms. The Hall–Kier alpha value is -2.88. The van der Waals surface area contributed by atoms with E-state index in [0.717, 1.165) is 44.8 Å². The second-order valence-electron chi connectivity index (χ2n) is 9.08. The third kappa shape index (κ3) is 3.20. The summed E-state index contributed by atoms with van der Waals surface area (Å²) in [5, 5.41) is 0. The van der Waals surface area contributed by atoms with Crippen molar-refractivity contribution in [2.45, 2.75) is 75.7 Å². The van der Waals surface area contributed by atoms with Crippen LogP contribution >= 0.6 is 0 Å². The number of rotatable bonds is 2. The number of fused-ring (bicyclic) bond motifs is 2. The summed E-state index contributed by atoms with van der Waals surface area (Å²) in [6, 6.07) is 0. The van der Waals surface area contributed by atoms with Crippen LogP contribution in [0, 0.1) is 69.2 Å². The molecule has 0 atom stereocenters. The lowest BCUT2D eigenvalue weighted by atomic mass is 9.96. The van der Waals surface area contributed by atoms with Crippen molar-refractivity contribution in [3.63, 3.8) is 0 Å². The minimum Gasteiger partial charge on any atom is -0.249 e. The Labute approximate surface area is 185 Å². The lowest BCUT2D eigenvalue weighted by Gasteiger charge is -2.17. The van der Waals surface area contributed by atoms with Gasteiger partial charge in [0.2, 0.25) is 0 Å². The largest absolute Gasteiger partial charge is 0.249 e. The van der Waals surface area contributed by atoms with Gasteiger partial charge in [-0.25, -0.2) is 19.9 Å². The second-order valence-corrected chi connectivity index (χ2v) is 9.08. The average molecular weight is 413 g/mol. The van der Waals surface area contributed by atoms with Gasteiger partial charge in [-0.1, -0.05) is 0 Å². The van der Waals surface area contributed by atoms with Crippen molar-refractivity contribution in [2.24, 2.45) is 0 Å². The van der Waals surface area contributed by atoms with Gasteiger partial charge >= 0.3 is 0 Å². The highest BCUT2D eigenvalue weighted by Crippen LogP contribution is 2.30. The Morgan fingerprint density at radius 3 is 0.903 bits per heavy atom. The minimum atomic E-state index is 0.639. The maximum Gasteiger partial charge on any atom is 0.0925 e. The van der Waals surface area contributed by atoms with E-state index in [1.807, 2.05) is 0 Å². The quantitative estimate of drug-likeness (QED) is 0.390. The molecule has 0 saturated carbocycles. The molecule has 160 valence electrons. The van der Waals surface area contributed by atoms with Crippen LogP contribution in [0.15, 0.2) is 0 Å². The standard InChI is InChI=1S/C27H32N4/c1-12-14(3)18(7)26-24(16(12)5)28-20(9)22(30-26)11-23-21(10)29-25-17(6)13(2)15(4)19(8)27(25)31-23/h11H2,1-10H3. The highest BCUT2D eigenvalue weighted by Gasteiger charge is 2.18. The molecule has 2 aromatic heterocycles. The molecule has 0 aliphatic rings. The maximum atomic E-state index is 5.09. The highest BCUT2D eigenvalue weighted by molar-refractivity contribution is 5.85. The van der Waals surface area contributed by atoms with Crippen LogP contribution in [0.4, 0.5) is 0 Å². The summed E-state index contributed by atoms with van der Waals surface area (Å²) in [7, 11) is 0. The number of aryl methyl sites for hydroxylation is 6. The van der Waals surface area contributed by atoms with E-state index in [-0.39, 0.29) is 0 Å². The molecule has 2 aromatic carbocycles. The molecule has 0 fully saturated rings. The van der Waals surface area contributed by atoms with Gasteiger partial charge in [0.25, 0.3) is 0 Å². The van der Waals surface area contributed by atoms with Crippen LogP contribution in [0.2, 0.25) is 0 Å². The third-order valence-corrected chi connectivity index (χ3v) is 7.47. The van der Waals surface area contributed by atoms with Crippen molar-refractivity contribution in [1.29, 1.82) is 0 Å². The lowest BCUT2D eigenvalue weighted by molar-refractivity contribution is 0.946. The summed E-state index contributed by atoms with van der Waals surface area (Å²) < 4.78 is 0. The van der Waals surface area contributed by atoms with Crippen LogP contribution in [-0.4, -0.2) is 19.9 Å². The molecular weight excluding hydrogens is 380 g/mol. The monoisotopic (exact) mass is 412 g/mol. The highest BCUT2D eigenvalue weighted by atomic mass is 14.9. The molecule has 0 aliphatic heterocycles. The molecule has 0 unspecified atom stereocenters. The summed E-state index contributed by atoms with van der Waals surface area (Å²) in [6.07, 6.45) is 0.639. The first-order valence-electron chi connectivity index (χ1n) is 11.0. The van der Waals surface area contributed by atoms with Gasteiger partial charge in [-0.05, 0) is 114 Å². The van der Waals surface area contributed by atoms with E-state index in [1.165, 1.54) is 44.5 Å². The van der Waals surface area contributed by atoms with E-state index in [9.17, 15) is 0 Å². The van der Waals surface area contributed by atoms with E-state index in [0.29, 0.717) is 6.42 Å². The Morgan fingerprint density at radius 2 is 0.613 bits per heavy atom. The van der Waals surface area contributed by atoms with Gasteiger partial charge in [0.15, 0.2) is 0 Å². The molecule has 0 radical (unpaired) electrons. The number of aromatic nitrogens is 4. The Kier molecular flexibility index (Phi) is 5.07.